The topological polar surface area (TPSA) is 15.3 Å². The van der Waals surface area contributed by atoms with Crippen LogP contribution in [0.1, 0.15) is 53.9 Å². The van der Waals surface area contributed by atoms with E-state index in [0.29, 0.717) is 18.0 Å². The van der Waals surface area contributed by atoms with Gasteiger partial charge in [0.05, 0.1) is 6.04 Å². The van der Waals surface area contributed by atoms with Crippen LogP contribution in [0.15, 0.2) is 0 Å². The summed E-state index contributed by atoms with van der Waals surface area (Å²) >= 11 is 0. The van der Waals surface area contributed by atoms with Crippen LogP contribution in [0.5, 0.6) is 0 Å². The summed E-state index contributed by atoms with van der Waals surface area (Å²) in [5, 5.41) is 3.72. The van der Waals surface area contributed by atoms with Gasteiger partial charge in [-0.1, -0.05) is 40.0 Å². The SMILES string of the molecule is C#CC(CCC)N1CC(C)(CC)NCC1C(C)C. The van der Waals surface area contributed by atoms with Crippen molar-refractivity contribution in [2.45, 2.75) is 71.5 Å². The lowest BCUT2D eigenvalue weighted by atomic mass is 9.88. The first-order valence-electron chi connectivity index (χ1n) is 7.44. The van der Waals surface area contributed by atoms with Crippen LogP contribution in [0.4, 0.5) is 0 Å². The highest BCUT2D eigenvalue weighted by atomic mass is 15.3. The molecule has 0 aromatic rings. The van der Waals surface area contributed by atoms with E-state index in [2.05, 4.69) is 50.8 Å². The van der Waals surface area contributed by atoms with Crippen molar-refractivity contribution in [3.05, 3.63) is 0 Å². The molecular formula is C16H30N2. The molecule has 0 amide bonds. The molecule has 104 valence electrons. The number of hydrogen-bond acceptors (Lipinski definition) is 2. The molecule has 0 aromatic carbocycles. The molecule has 1 aliphatic rings. The highest BCUT2D eigenvalue weighted by Gasteiger charge is 2.38. The highest BCUT2D eigenvalue weighted by molar-refractivity contribution is 5.06. The first-order chi connectivity index (χ1) is 8.47. The molecule has 1 rings (SSSR count). The van der Waals surface area contributed by atoms with E-state index >= 15 is 0 Å². The molecule has 0 spiro atoms. The molecular weight excluding hydrogens is 220 g/mol. The van der Waals surface area contributed by atoms with E-state index in [-0.39, 0.29) is 5.54 Å². The summed E-state index contributed by atoms with van der Waals surface area (Å²) in [6, 6.07) is 0.868. The fourth-order valence-corrected chi connectivity index (χ4v) is 2.86. The number of piperazine rings is 1. The molecule has 3 atom stereocenters. The third kappa shape index (κ3) is 3.49. The predicted molar refractivity (Wildman–Crippen MR) is 79.6 cm³/mol. The minimum Gasteiger partial charge on any atom is -0.309 e. The van der Waals surface area contributed by atoms with Crippen LogP contribution in [0.2, 0.25) is 0 Å². The Morgan fingerprint density at radius 3 is 2.56 bits per heavy atom. The zero-order chi connectivity index (χ0) is 13.8. The van der Waals surface area contributed by atoms with Gasteiger partial charge in [0.25, 0.3) is 0 Å². The van der Waals surface area contributed by atoms with E-state index in [1.165, 1.54) is 0 Å². The van der Waals surface area contributed by atoms with E-state index in [1.54, 1.807) is 0 Å². The van der Waals surface area contributed by atoms with Crippen molar-refractivity contribution in [3.8, 4) is 12.3 Å². The first-order valence-corrected chi connectivity index (χ1v) is 7.44. The van der Waals surface area contributed by atoms with Crippen molar-refractivity contribution < 1.29 is 0 Å². The molecule has 0 aromatic heterocycles. The summed E-state index contributed by atoms with van der Waals surface area (Å²) in [6.45, 7) is 13.5. The molecule has 0 radical (unpaired) electrons. The summed E-state index contributed by atoms with van der Waals surface area (Å²) in [7, 11) is 0. The number of nitrogens with zero attached hydrogens (tertiary/aromatic N) is 1. The quantitative estimate of drug-likeness (QED) is 0.755. The maximum absolute atomic E-state index is 5.77. The fourth-order valence-electron chi connectivity index (χ4n) is 2.86. The van der Waals surface area contributed by atoms with Crippen LogP contribution in [-0.2, 0) is 0 Å². The van der Waals surface area contributed by atoms with E-state index in [9.17, 15) is 0 Å². The van der Waals surface area contributed by atoms with Crippen LogP contribution >= 0.6 is 0 Å². The summed E-state index contributed by atoms with van der Waals surface area (Å²) in [6.07, 6.45) is 9.19. The van der Waals surface area contributed by atoms with Crippen molar-refractivity contribution >= 4 is 0 Å². The Bertz CT molecular complexity index is 292. The molecule has 2 heteroatoms. The molecule has 1 heterocycles. The molecule has 1 aliphatic heterocycles. The van der Waals surface area contributed by atoms with Crippen LogP contribution in [0.25, 0.3) is 0 Å². The van der Waals surface area contributed by atoms with E-state index in [1.807, 2.05) is 0 Å². The standard InChI is InChI=1S/C16H30N2/c1-7-10-14(8-2)18-12-16(6,9-3)17-11-15(18)13(4)5/h2,13-15,17H,7,9-12H2,1,3-6H3. The summed E-state index contributed by atoms with van der Waals surface area (Å²) in [4.78, 5) is 2.58. The van der Waals surface area contributed by atoms with Gasteiger partial charge in [-0.3, -0.25) is 4.90 Å². The zero-order valence-electron chi connectivity index (χ0n) is 12.8. The number of hydrogen-bond donors (Lipinski definition) is 1. The molecule has 0 saturated carbocycles. The zero-order valence-corrected chi connectivity index (χ0v) is 12.8. The first kappa shape index (κ1) is 15.5. The number of nitrogens with one attached hydrogen (secondary N) is 1. The third-order valence-corrected chi connectivity index (χ3v) is 4.40. The van der Waals surface area contributed by atoms with Gasteiger partial charge in [-0.15, -0.1) is 6.42 Å². The van der Waals surface area contributed by atoms with Gasteiger partial charge in [0, 0.05) is 24.7 Å². The third-order valence-electron chi connectivity index (χ3n) is 4.40. The van der Waals surface area contributed by atoms with Gasteiger partial charge in [0.2, 0.25) is 0 Å². The largest absolute Gasteiger partial charge is 0.309 e. The Morgan fingerprint density at radius 1 is 1.44 bits per heavy atom. The monoisotopic (exact) mass is 250 g/mol. The second-order valence-electron chi connectivity index (χ2n) is 6.25. The molecule has 1 fully saturated rings. The van der Waals surface area contributed by atoms with Crippen LogP contribution < -0.4 is 5.32 Å². The van der Waals surface area contributed by atoms with Gasteiger partial charge in [-0.2, -0.15) is 0 Å². The van der Waals surface area contributed by atoms with Crippen molar-refractivity contribution in [3.63, 3.8) is 0 Å². The van der Waals surface area contributed by atoms with Crippen molar-refractivity contribution in [1.29, 1.82) is 0 Å². The molecule has 0 aliphatic carbocycles. The molecule has 1 N–H and O–H groups in total. The Labute approximate surface area is 114 Å². The lowest BCUT2D eigenvalue weighted by Crippen LogP contribution is -2.65. The molecule has 18 heavy (non-hydrogen) atoms. The van der Waals surface area contributed by atoms with Gasteiger partial charge in [0.15, 0.2) is 0 Å². The lowest BCUT2D eigenvalue weighted by Gasteiger charge is -2.49. The maximum Gasteiger partial charge on any atom is 0.0715 e. The molecule has 3 unspecified atom stereocenters. The van der Waals surface area contributed by atoms with Crippen molar-refractivity contribution in [2.24, 2.45) is 5.92 Å². The van der Waals surface area contributed by atoms with E-state index in [0.717, 1.165) is 32.4 Å². The molecule has 2 nitrogen and oxygen atoms in total. The van der Waals surface area contributed by atoms with Crippen LogP contribution in [0.3, 0.4) is 0 Å². The smallest absolute Gasteiger partial charge is 0.0715 e. The van der Waals surface area contributed by atoms with Gasteiger partial charge in [-0.05, 0) is 25.7 Å². The number of terminal acetylenes is 1. The Balaban J connectivity index is 2.87. The molecule has 1 saturated heterocycles. The maximum atomic E-state index is 5.77. The number of rotatable bonds is 5. The average Bonchev–Trinajstić information content (AvgIpc) is 2.35. The summed E-state index contributed by atoms with van der Waals surface area (Å²) in [5.74, 6) is 3.66. The summed E-state index contributed by atoms with van der Waals surface area (Å²) in [5.41, 5.74) is 0.216. The second-order valence-corrected chi connectivity index (χ2v) is 6.25. The van der Waals surface area contributed by atoms with Crippen LogP contribution in [-0.4, -0.2) is 35.6 Å². The van der Waals surface area contributed by atoms with Crippen molar-refractivity contribution in [2.75, 3.05) is 13.1 Å². The Hall–Kier alpha value is -0.520. The van der Waals surface area contributed by atoms with Gasteiger partial charge < -0.3 is 5.32 Å². The second kappa shape index (κ2) is 6.59. The average molecular weight is 250 g/mol. The van der Waals surface area contributed by atoms with Crippen molar-refractivity contribution in [1.82, 2.24) is 10.2 Å². The lowest BCUT2D eigenvalue weighted by molar-refractivity contribution is 0.0392. The van der Waals surface area contributed by atoms with E-state index < -0.39 is 0 Å². The van der Waals surface area contributed by atoms with E-state index in [4.69, 9.17) is 6.42 Å². The predicted octanol–water partition coefficient (Wildman–Crippen LogP) is 2.89. The van der Waals surface area contributed by atoms with Crippen LogP contribution in [0, 0.1) is 18.3 Å². The van der Waals surface area contributed by atoms with Gasteiger partial charge >= 0.3 is 0 Å². The fraction of sp³-hybridized carbons (Fsp3) is 0.875. The minimum absolute atomic E-state index is 0.216. The van der Waals surface area contributed by atoms with Gasteiger partial charge in [0.1, 0.15) is 0 Å². The Morgan fingerprint density at radius 2 is 2.11 bits per heavy atom. The minimum atomic E-state index is 0.216. The normalized spacial score (nSPS) is 31.3. The summed E-state index contributed by atoms with van der Waals surface area (Å²) < 4.78 is 0. The molecule has 0 bridgehead atoms. The van der Waals surface area contributed by atoms with Gasteiger partial charge in [-0.25, -0.2) is 0 Å². The highest BCUT2D eigenvalue weighted by Crippen LogP contribution is 2.26. The Kier molecular flexibility index (Phi) is 5.69.